The molecule has 1 heterocycles. The average molecular weight is 296 g/mol. The smallest absolute Gasteiger partial charge is 0.220 e. The van der Waals surface area contributed by atoms with E-state index in [1.807, 2.05) is 6.92 Å². The summed E-state index contributed by atoms with van der Waals surface area (Å²) < 4.78 is 22.8. The summed E-state index contributed by atoms with van der Waals surface area (Å²) in [4.78, 5) is 11.8. The van der Waals surface area contributed by atoms with Gasteiger partial charge in [0.05, 0.1) is 22.9 Å². The van der Waals surface area contributed by atoms with Gasteiger partial charge < -0.3 is 5.32 Å². The van der Waals surface area contributed by atoms with Crippen molar-refractivity contribution in [2.24, 2.45) is 11.3 Å². The predicted octanol–water partition coefficient (Wildman–Crippen LogP) is 1.58. The number of hydrogen-bond donors (Lipinski definition) is 1. The minimum absolute atomic E-state index is 0.0448. The molecule has 1 aliphatic rings. The fraction of sp³-hybridized carbons (Fsp3) is 0.917. The third-order valence-corrected chi connectivity index (χ3v) is 5.98. The molecule has 1 aliphatic heterocycles. The highest BCUT2D eigenvalue weighted by molar-refractivity contribution is 7.91. The topological polar surface area (TPSA) is 63.2 Å². The minimum atomic E-state index is -3.09. The lowest BCUT2D eigenvalue weighted by molar-refractivity contribution is -0.123. The normalized spacial score (nSPS) is 28.9. The number of carbonyl (C=O) groups is 1. The molecule has 0 aromatic rings. The van der Waals surface area contributed by atoms with Crippen LogP contribution in [-0.2, 0) is 14.6 Å². The van der Waals surface area contributed by atoms with Gasteiger partial charge in [-0.3, -0.25) is 4.79 Å². The number of amides is 1. The average Bonchev–Trinajstić information content (AvgIpc) is 2.37. The van der Waals surface area contributed by atoms with Crippen LogP contribution in [0.1, 0.15) is 34.1 Å². The van der Waals surface area contributed by atoms with Crippen molar-refractivity contribution in [3.05, 3.63) is 0 Å². The Kier molecular flexibility index (Phi) is 4.70. The van der Waals surface area contributed by atoms with Crippen LogP contribution in [0.4, 0.5) is 0 Å². The molecule has 0 spiro atoms. The van der Waals surface area contributed by atoms with E-state index in [0.29, 0.717) is 6.42 Å². The van der Waals surface area contributed by atoms with Gasteiger partial charge in [0.15, 0.2) is 9.84 Å². The molecule has 0 saturated carbocycles. The second kappa shape index (κ2) is 5.37. The molecule has 1 rings (SSSR count). The van der Waals surface area contributed by atoms with Crippen LogP contribution in [0.15, 0.2) is 0 Å². The first-order valence-corrected chi connectivity index (χ1v) is 8.41. The zero-order valence-electron chi connectivity index (χ0n) is 11.4. The summed E-state index contributed by atoms with van der Waals surface area (Å²) in [7, 11) is -3.09. The number of alkyl halides is 1. The Morgan fingerprint density at radius 2 is 1.94 bits per heavy atom. The molecule has 18 heavy (non-hydrogen) atoms. The zero-order valence-corrected chi connectivity index (χ0v) is 12.9. The molecule has 6 heteroatoms. The van der Waals surface area contributed by atoms with Crippen LogP contribution >= 0.6 is 11.6 Å². The summed E-state index contributed by atoms with van der Waals surface area (Å²) in [5, 5.41) is 2.23. The Hall–Kier alpha value is -0.290. The van der Waals surface area contributed by atoms with Gasteiger partial charge in [-0.15, -0.1) is 11.6 Å². The van der Waals surface area contributed by atoms with Crippen LogP contribution in [0.25, 0.3) is 0 Å². The molecule has 1 saturated heterocycles. The summed E-state index contributed by atoms with van der Waals surface area (Å²) in [5.41, 5.74) is 0.0550. The van der Waals surface area contributed by atoms with Crippen LogP contribution in [0.3, 0.4) is 0 Å². The Morgan fingerprint density at radius 3 is 2.33 bits per heavy atom. The first kappa shape index (κ1) is 15.8. The van der Waals surface area contributed by atoms with Gasteiger partial charge in [0.2, 0.25) is 5.91 Å². The largest absolute Gasteiger partial charge is 0.351 e. The second-order valence-electron chi connectivity index (χ2n) is 6.24. The van der Waals surface area contributed by atoms with Crippen LogP contribution in [0.5, 0.6) is 0 Å². The van der Waals surface area contributed by atoms with Gasteiger partial charge in [0, 0.05) is 6.42 Å². The zero-order chi connectivity index (χ0) is 14.1. The Balaban J connectivity index is 2.52. The van der Waals surface area contributed by atoms with Crippen LogP contribution < -0.4 is 5.32 Å². The first-order valence-electron chi connectivity index (χ1n) is 6.15. The molecule has 1 N–H and O–H groups in total. The maximum Gasteiger partial charge on any atom is 0.220 e. The molecule has 0 aromatic heterocycles. The molecule has 3 unspecified atom stereocenters. The van der Waals surface area contributed by atoms with Crippen LogP contribution in [-0.4, -0.2) is 37.2 Å². The number of carbonyl (C=O) groups excluding carboxylic acids is 1. The van der Waals surface area contributed by atoms with Crippen LogP contribution in [0.2, 0.25) is 0 Å². The molecule has 106 valence electrons. The lowest BCUT2D eigenvalue weighted by Crippen LogP contribution is -2.41. The molecule has 0 radical (unpaired) electrons. The number of hydrogen-bond acceptors (Lipinski definition) is 3. The minimum Gasteiger partial charge on any atom is -0.351 e. The van der Waals surface area contributed by atoms with E-state index in [4.69, 9.17) is 11.6 Å². The highest BCUT2D eigenvalue weighted by Crippen LogP contribution is 2.28. The molecule has 0 bridgehead atoms. The lowest BCUT2D eigenvalue weighted by Gasteiger charge is -2.27. The summed E-state index contributed by atoms with van der Waals surface area (Å²) in [6.07, 6.45) is 0.393. The van der Waals surface area contributed by atoms with Crippen molar-refractivity contribution in [3.63, 3.8) is 0 Å². The molecule has 1 amide bonds. The van der Waals surface area contributed by atoms with Crippen LogP contribution in [0, 0.1) is 11.3 Å². The predicted molar refractivity (Wildman–Crippen MR) is 73.5 cm³/mol. The van der Waals surface area contributed by atoms with E-state index >= 15 is 0 Å². The van der Waals surface area contributed by atoms with E-state index in [0.717, 1.165) is 0 Å². The first-order chi connectivity index (χ1) is 8.01. The Morgan fingerprint density at radius 1 is 1.39 bits per heavy atom. The van der Waals surface area contributed by atoms with Gasteiger partial charge in [-0.05, 0) is 11.3 Å². The summed E-state index contributed by atoms with van der Waals surface area (Å²) in [6, 6.07) is -0.448. The highest BCUT2D eigenvalue weighted by Gasteiger charge is 2.37. The summed E-state index contributed by atoms with van der Waals surface area (Å²) >= 11 is 5.94. The van der Waals surface area contributed by atoms with Crippen molar-refractivity contribution >= 4 is 27.3 Å². The van der Waals surface area contributed by atoms with Crippen molar-refractivity contribution < 1.29 is 13.2 Å². The van der Waals surface area contributed by atoms with Crippen molar-refractivity contribution in [1.82, 2.24) is 5.32 Å². The quantitative estimate of drug-likeness (QED) is 0.804. The van der Waals surface area contributed by atoms with Gasteiger partial charge >= 0.3 is 0 Å². The van der Waals surface area contributed by atoms with E-state index in [1.54, 1.807) is 0 Å². The second-order valence-corrected chi connectivity index (χ2v) is 8.95. The van der Waals surface area contributed by atoms with E-state index in [-0.39, 0.29) is 28.7 Å². The van der Waals surface area contributed by atoms with E-state index in [2.05, 4.69) is 26.1 Å². The highest BCUT2D eigenvalue weighted by atomic mass is 35.5. The fourth-order valence-electron chi connectivity index (χ4n) is 1.79. The SMILES string of the molecule is CC(CC(=O)NC1CS(=O)(=O)CC1Cl)C(C)(C)C. The third-order valence-electron chi connectivity index (χ3n) is 3.60. The fourth-order valence-corrected chi connectivity index (χ4v) is 4.34. The third kappa shape index (κ3) is 4.43. The van der Waals surface area contributed by atoms with Crippen molar-refractivity contribution in [2.75, 3.05) is 11.5 Å². The standard InChI is InChI=1S/C12H22ClNO3S/c1-8(12(2,3)4)5-11(15)14-10-7-18(16,17)6-9(10)13/h8-10H,5-7H2,1-4H3,(H,14,15). The number of nitrogens with one attached hydrogen (secondary N) is 1. The Labute approximate surface area is 114 Å². The maximum atomic E-state index is 11.8. The molecule has 4 nitrogen and oxygen atoms in total. The van der Waals surface area contributed by atoms with Crippen molar-refractivity contribution in [3.8, 4) is 0 Å². The molecule has 1 fully saturated rings. The lowest BCUT2D eigenvalue weighted by atomic mass is 9.80. The van der Waals surface area contributed by atoms with Gasteiger partial charge in [-0.2, -0.15) is 0 Å². The van der Waals surface area contributed by atoms with E-state index in [9.17, 15) is 13.2 Å². The molecular formula is C12H22ClNO3S. The summed E-state index contributed by atoms with van der Waals surface area (Å²) in [5.74, 6) is 0.0139. The van der Waals surface area contributed by atoms with Gasteiger partial charge in [-0.1, -0.05) is 27.7 Å². The van der Waals surface area contributed by atoms with Crippen molar-refractivity contribution in [1.29, 1.82) is 0 Å². The van der Waals surface area contributed by atoms with Gasteiger partial charge in [-0.25, -0.2) is 8.42 Å². The van der Waals surface area contributed by atoms with Gasteiger partial charge in [0.25, 0.3) is 0 Å². The number of rotatable bonds is 3. The maximum absolute atomic E-state index is 11.8. The molecule has 0 aliphatic carbocycles. The molecular weight excluding hydrogens is 274 g/mol. The number of sulfone groups is 1. The monoisotopic (exact) mass is 295 g/mol. The van der Waals surface area contributed by atoms with E-state index < -0.39 is 21.3 Å². The number of halogens is 1. The summed E-state index contributed by atoms with van der Waals surface area (Å²) in [6.45, 7) is 8.25. The Bertz CT molecular complexity index is 414. The molecule has 0 aromatic carbocycles. The van der Waals surface area contributed by atoms with Gasteiger partial charge in [0.1, 0.15) is 0 Å². The van der Waals surface area contributed by atoms with Crippen molar-refractivity contribution in [2.45, 2.75) is 45.5 Å². The molecule has 3 atom stereocenters. The van der Waals surface area contributed by atoms with E-state index in [1.165, 1.54) is 0 Å².